The van der Waals surface area contributed by atoms with Crippen LogP contribution < -0.4 is 5.73 Å². The zero-order chi connectivity index (χ0) is 14.9. The quantitative estimate of drug-likeness (QED) is 0.883. The first-order valence-corrected chi connectivity index (χ1v) is 8.69. The van der Waals surface area contributed by atoms with Crippen molar-refractivity contribution in [1.29, 1.82) is 0 Å². The van der Waals surface area contributed by atoms with Crippen molar-refractivity contribution >= 4 is 26.0 Å². The lowest BCUT2D eigenvalue weighted by Crippen LogP contribution is -2.51. The lowest BCUT2D eigenvalue weighted by atomic mass is 10.2. The number of sulfonamides is 1. The number of benzene rings is 1. The zero-order valence-electron chi connectivity index (χ0n) is 11.5. The molecule has 1 aliphatic rings. The monoisotopic (exact) mass is 362 g/mol. The van der Waals surface area contributed by atoms with E-state index in [0.717, 1.165) is 10.0 Å². The Balaban J connectivity index is 2.32. The second-order valence-corrected chi connectivity index (χ2v) is 7.86. The Hall–Kier alpha value is -0.470. The Bertz CT molecular complexity index is 589. The van der Waals surface area contributed by atoms with Crippen LogP contribution in [0.25, 0.3) is 0 Å². The van der Waals surface area contributed by atoms with Crippen molar-refractivity contribution in [3.05, 3.63) is 28.2 Å². The summed E-state index contributed by atoms with van der Waals surface area (Å²) in [5, 5.41) is 0. The van der Waals surface area contributed by atoms with Gasteiger partial charge in [0.25, 0.3) is 0 Å². The highest BCUT2D eigenvalue weighted by atomic mass is 79.9. The van der Waals surface area contributed by atoms with E-state index in [0.29, 0.717) is 24.6 Å². The first kappa shape index (κ1) is 15.9. The summed E-state index contributed by atoms with van der Waals surface area (Å²) < 4.78 is 33.2. The van der Waals surface area contributed by atoms with E-state index in [4.69, 9.17) is 10.5 Å². The summed E-state index contributed by atoms with van der Waals surface area (Å²) in [6.07, 6.45) is -0.258. The molecule has 0 aliphatic carbocycles. The lowest BCUT2D eigenvalue weighted by molar-refractivity contribution is -0.0120. The number of rotatable bonds is 3. The summed E-state index contributed by atoms with van der Waals surface area (Å²) in [7, 11) is -3.51. The van der Waals surface area contributed by atoms with Gasteiger partial charge in [0.15, 0.2) is 0 Å². The van der Waals surface area contributed by atoms with Crippen LogP contribution in [-0.2, 0) is 14.8 Å². The topological polar surface area (TPSA) is 72.6 Å². The summed E-state index contributed by atoms with van der Waals surface area (Å²) >= 11 is 3.32. The third kappa shape index (κ3) is 3.23. The second kappa shape index (κ2) is 6.11. The Morgan fingerprint density at radius 3 is 2.85 bits per heavy atom. The molecule has 112 valence electrons. The van der Waals surface area contributed by atoms with Crippen LogP contribution in [0.3, 0.4) is 0 Å². The first-order chi connectivity index (χ1) is 9.32. The van der Waals surface area contributed by atoms with E-state index in [1.165, 1.54) is 4.31 Å². The summed E-state index contributed by atoms with van der Waals surface area (Å²) in [6.45, 7) is 4.65. The summed E-state index contributed by atoms with van der Waals surface area (Å²) in [5.74, 6) is 0. The molecule has 2 N–H and O–H groups in total. The van der Waals surface area contributed by atoms with E-state index >= 15 is 0 Å². The Labute approximate surface area is 128 Å². The number of aryl methyl sites for hydroxylation is 1. The lowest BCUT2D eigenvalue weighted by Gasteiger charge is -2.34. The van der Waals surface area contributed by atoms with E-state index in [1.807, 2.05) is 13.0 Å². The minimum atomic E-state index is -3.51. The maximum atomic E-state index is 12.7. The number of nitrogens with two attached hydrogens (primary N) is 1. The smallest absolute Gasteiger partial charge is 0.243 e. The highest BCUT2D eigenvalue weighted by Crippen LogP contribution is 2.25. The van der Waals surface area contributed by atoms with E-state index in [9.17, 15) is 8.42 Å². The van der Waals surface area contributed by atoms with Gasteiger partial charge in [-0.25, -0.2) is 8.42 Å². The maximum Gasteiger partial charge on any atom is 0.243 e. The van der Waals surface area contributed by atoms with Gasteiger partial charge in [-0.05, 0) is 31.5 Å². The van der Waals surface area contributed by atoms with E-state index < -0.39 is 10.0 Å². The average Bonchev–Trinajstić information content (AvgIpc) is 2.41. The number of halogens is 1. The molecule has 0 radical (unpaired) electrons. The van der Waals surface area contributed by atoms with Crippen molar-refractivity contribution in [2.24, 2.45) is 5.73 Å². The van der Waals surface area contributed by atoms with Crippen LogP contribution in [0, 0.1) is 6.92 Å². The second-order valence-electron chi connectivity index (χ2n) is 5.04. The van der Waals surface area contributed by atoms with Crippen LogP contribution >= 0.6 is 15.9 Å². The van der Waals surface area contributed by atoms with Crippen LogP contribution in [0.5, 0.6) is 0 Å². The van der Waals surface area contributed by atoms with Crippen molar-refractivity contribution in [3.8, 4) is 0 Å². The molecule has 0 saturated carbocycles. The standard InChI is InChI=1S/C13H19BrN2O3S/c1-9-3-4-11(14)7-13(9)20(17,18)16-5-6-19-12(8-16)10(2)15/h3-4,7,10,12H,5-6,8,15H2,1-2H3. The van der Waals surface area contributed by atoms with Gasteiger partial charge in [0, 0.05) is 23.6 Å². The largest absolute Gasteiger partial charge is 0.374 e. The number of ether oxygens (including phenoxy) is 1. The van der Waals surface area contributed by atoms with Crippen molar-refractivity contribution < 1.29 is 13.2 Å². The number of hydrogen-bond donors (Lipinski definition) is 1. The number of morpholine rings is 1. The highest BCUT2D eigenvalue weighted by molar-refractivity contribution is 9.10. The van der Waals surface area contributed by atoms with Gasteiger partial charge in [-0.1, -0.05) is 22.0 Å². The number of hydrogen-bond acceptors (Lipinski definition) is 4. The molecule has 1 saturated heterocycles. The molecule has 1 fully saturated rings. The molecule has 0 bridgehead atoms. The molecule has 0 spiro atoms. The minimum Gasteiger partial charge on any atom is -0.374 e. The molecule has 2 atom stereocenters. The predicted octanol–water partition coefficient (Wildman–Crippen LogP) is 1.49. The van der Waals surface area contributed by atoms with Crippen LogP contribution in [0.15, 0.2) is 27.6 Å². The minimum absolute atomic E-state index is 0.198. The van der Waals surface area contributed by atoms with E-state index in [2.05, 4.69) is 15.9 Å². The molecular formula is C13H19BrN2O3S. The molecule has 0 amide bonds. The van der Waals surface area contributed by atoms with Crippen LogP contribution in [0.4, 0.5) is 0 Å². The van der Waals surface area contributed by atoms with Crippen LogP contribution in [0.2, 0.25) is 0 Å². The maximum absolute atomic E-state index is 12.7. The SMILES string of the molecule is Cc1ccc(Br)cc1S(=O)(=O)N1CCOC(C(C)N)C1. The van der Waals surface area contributed by atoms with Gasteiger partial charge in [0.1, 0.15) is 0 Å². The third-order valence-corrected chi connectivity index (χ3v) is 5.91. The fourth-order valence-electron chi connectivity index (χ4n) is 2.18. The molecule has 1 heterocycles. The van der Waals surface area contributed by atoms with Crippen molar-refractivity contribution in [2.45, 2.75) is 30.9 Å². The molecule has 0 aromatic heterocycles. The summed E-state index contributed by atoms with van der Waals surface area (Å²) in [5.41, 5.74) is 6.54. The van der Waals surface area contributed by atoms with Gasteiger partial charge < -0.3 is 10.5 Å². The summed E-state index contributed by atoms with van der Waals surface area (Å²) in [6, 6.07) is 5.07. The van der Waals surface area contributed by atoms with Crippen LogP contribution in [-0.4, -0.2) is 44.6 Å². The van der Waals surface area contributed by atoms with E-state index in [1.54, 1.807) is 19.1 Å². The Morgan fingerprint density at radius 1 is 1.50 bits per heavy atom. The molecule has 7 heteroatoms. The molecule has 2 rings (SSSR count). The first-order valence-electron chi connectivity index (χ1n) is 6.46. The predicted molar refractivity (Wildman–Crippen MR) is 81.0 cm³/mol. The molecule has 2 unspecified atom stereocenters. The third-order valence-electron chi connectivity index (χ3n) is 3.41. The van der Waals surface area contributed by atoms with Gasteiger partial charge in [0.2, 0.25) is 10.0 Å². The van der Waals surface area contributed by atoms with Crippen LogP contribution in [0.1, 0.15) is 12.5 Å². The van der Waals surface area contributed by atoms with Crippen molar-refractivity contribution in [1.82, 2.24) is 4.31 Å². The summed E-state index contributed by atoms with van der Waals surface area (Å²) in [4.78, 5) is 0.331. The van der Waals surface area contributed by atoms with Gasteiger partial charge >= 0.3 is 0 Å². The fraction of sp³-hybridized carbons (Fsp3) is 0.538. The van der Waals surface area contributed by atoms with Gasteiger partial charge in [-0.2, -0.15) is 4.31 Å². The van der Waals surface area contributed by atoms with Gasteiger partial charge in [-0.15, -0.1) is 0 Å². The molecule has 5 nitrogen and oxygen atoms in total. The molecule has 1 aliphatic heterocycles. The zero-order valence-corrected chi connectivity index (χ0v) is 13.9. The van der Waals surface area contributed by atoms with Gasteiger partial charge in [-0.3, -0.25) is 0 Å². The number of nitrogens with zero attached hydrogens (tertiary/aromatic N) is 1. The molecule has 20 heavy (non-hydrogen) atoms. The Kier molecular flexibility index (Phi) is 4.86. The Morgan fingerprint density at radius 2 is 2.20 bits per heavy atom. The highest BCUT2D eigenvalue weighted by Gasteiger charge is 2.33. The van der Waals surface area contributed by atoms with E-state index in [-0.39, 0.29) is 12.1 Å². The molecule has 1 aromatic rings. The normalized spacial score (nSPS) is 22.7. The average molecular weight is 363 g/mol. The fourth-order valence-corrected chi connectivity index (χ4v) is 4.38. The van der Waals surface area contributed by atoms with Gasteiger partial charge in [0.05, 0.1) is 17.6 Å². The van der Waals surface area contributed by atoms with Crippen molar-refractivity contribution in [3.63, 3.8) is 0 Å². The van der Waals surface area contributed by atoms with Crippen molar-refractivity contribution in [2.75, 3.05) is 19.7 Å². The molecular weight excluding hydrogens is 344 g/mol. The molecule has 1 aromatic carbocycles.